The van der Waals surface area contributed by atoms with Gasteiger partial charge in [-0.1, -0.05) is 41.9 Å². The van der Waals surface area contributed by atoms with E-state index in [1.165, 1.54) is 12.1 Å². The van der Waals surface area contributed by atoms with Gasteiger partial charge >= 0.3 is 0 Å². The van der Waals surface area contributed by atoms with E-state index in [-0.39, 0.29) is 5.82 Å². The molecule has 2 aromatic rings. The van der Waals surface area contributed by atoms with Gasteiger partial charge in [0.2, 0.25) is 0 Å². The summed E-state index contributed by atoms with van der Waals surface area (Å²) in [5.74, 6) is -0.235. The molecule has 0 bridgehead atoms. The van der Waals surface area contributed by atoms with E-state index in [2.05, 4.69) is 0 Å². The fraction of sp³-hybridized carbons (Fsp3) is 0. The van der Waals surface area contributed by atoms with Crippen LogP contribution in [0.3, 0.4) is 0 Å². The van der Waals surface area contributed by atoms with E-state index >= 15 is 0 Å². The van der Waals surface area contributed by atoms with Crippen molar-refractivity contribution in [2.24, 2.45) is 0 Å². The standard InChI is InChI=1S/C12H8ClF/c13-12-4-2-1-3-11(12)9-5-7-10(14)8-6-9/h1-8H. The van der Waals surface area contributed by atoms with E-state index in [0.717, 1.165) is 11.1 Å². The first-order valence-electron chi connectivity index (χ1n) is 4.28. The number of hydrogen-bond acceptors (Lipinski definition) is 0. The lowest BCUT2D eigenvalue weighted by molar-refractivity contribution is 0.628. The number of benzene rings is 2. The summed E-state index contributed by atoms with van der Waals surface area (Å²) in [5, 5.41) is 0.680. The van der Waals surface area contributed by atoms with E-state index in [4.69, 9.17) is 11.6 Å². The van der Waals surface area contributed by atoms with Gasteiger partial charge in [0.15, 0.2) is 0 Å². The monoisotopic (exact) mass is 206 g/mol. The van der Waals surface area contributed by atoms with E-state index < -0.39 is 0 Å². The van der Waals surface area contributed by atoms with Crippen LogP contribution in [0.15, 0.2) is 48.5 Å². The van der Waals surface area contributed by atoms with E-state index in [0.29, 0.717) is 5.02 Å². The van der Waals surface area contributed by atoms with Crippen molar-refractivity contribution in [1.29, 1.82) is 0 Å². The van der Waals surface area contributed by atoms with Gasteiger partial charge in [-0.25, -0.2) is 4.39 Å². The Hall–Kier alpha value is -1.34. The number of halogens is 2. The molecule has 0 aliphatic heterocycles. The minimum atomic E-state index is -0.235. The molecule has 0 saturated carbocycles. The Morgan fingerprint density at radius 3 is 2.14 bits per heavy atom. The van der Waals surface area contributed by atoms with Gasteiger partial charge in [0, 0.05) is 10.6 Å². The molecule has 0 unspecified atom stereocenters. The SMILES string of the molecule is Fc1ccc(-c2ccccc2Cl)cc1. The smallest absolute Gasteiger partial charge is 0.123 e. The molecular weight excluding hydrogens is 199 g/mol. The molecule has 0 fully saturated rings. The number of rotatable bonds is 1. The average Bonchev–Trinajstić information content (AvgIpc) is 2.20. The normalized spacial score (nSPS) is 10.1. The van der Waals surface area contributed by atoms with Crippen LogP contribution in [-0.4, -0.2) is 0 Å². The molecule has 0 aliphatic rings. The fourth-order valence-electron chi connectivity index (χ4n) is 1.32. The van der Waals surface area contributed by atoms with Crippen LogP contribution >= 0.6 is 11.6 Å². The lowest BCUT2D eigenvalue weighted by Crippen LogP contribution is -1.79. The van der Waals surface area contributed by atoms with Crippen LogP contribution in [0.25, 0.3) is 11.1 Å². The second kappa shape index (κ2) is 3.81. The lowest BCUT2D eigenvalue weighted by atomic mass is 10.1. The van der Waals surface area contributed by atoms with Gasteiger partial charge in [-0.3, -0.25) is 0 Å². The van der Waals surface area contributed by atoms with Crippen LogP contribution in [-0.2, 0) is 0 Å². The first-order valence-corrected chi connectivity index (χ1v) is 4.65. The summed E-state index contributed by atoms with van der Waals surface area (Å²) >= 11 is 6.00. The highest BCUT2D eigenvalue weighted by atomic mass is 35.5. The predicted molar refractivity (Wildman–Crippen MR) is 56.8 cm³/mol. The zero-order valence-corrected chi connectivity index (χ0v) is 8.13. The maximum Gasteiger partial charge on any atom is 0.123 e. The summed E-state index contributed by atoms with van der Waals surface area (Å²) in [7, 11) is 0. The maximum absolute atomic E-state index is 12.7. The topological polar surface area (TPSA) is 0 Å². The minimum absolute atomic E-state index is 0.235. The number of hydrogen-bond donors (Lipinski definition) is 0. The molecule has 2 aromatic carbocycles. The minimum Gasteiger partial charge on any atom is -0.207 e. The molecule has 0 atom stereocenters. The highest BCUT2D eigenvalue weighted by Crippen LogP contribution is 2.27. The van der Waals surface area contributed by atoms with E-state index in [1.54, 1.807) is 12.1 Å². The van der Waals surface area contributed by atoms with Gasteiger partial charge in [-0.15, -0.1) is 0 Å². The van der Waals surface area contributed by atoms with Crippen LogP contribution < -0.4 is 0 Å². The highest BCUT2D eigenvalue weighted by molar-refractivity contribution is 6.33. The molecule has 0 nitrogen and oxygen atoms in total. The molecule has 70 valence electrons. The summed E-state index contributed by atoms with van der Waals surface area (Å²) in [6.45, 7) is 0. The zero-order valence-electron chi connectivity index (χ0n) is 7.37. The van der Waals surface area contributed by atoms with Gasteiger partial charge in [0.25, 0.3) is 0 Å². The predicted octanol–water partition coefficient (Wildman–Crippen LogP) is 4.15. The maximum atomic E-state index is 12.7. The van der Waals surface area contributed by atoms with Crippen LogP contribution in [0.2, 0.25) is 5.02 Å². The Balaban J connectivity index is 2.50. The highest BCUT2D eigenvalue weighted by Gasteiger charge is 2.01. The fourth-order valence-corrected chi connectivity index (χ4v) is 1.57. The second-order valence-electron chi connectivity index (χ2n) is 2.99. The van der Waals surface area contributed by atoms with Crippen LogP contribution in [0.5, 0.6) is 0 Å². The van der Waals surface area contributed by atoms with Crippen molar-refractivity contribution in [3.63, 3.8) is 0 Å². The molecule has 2 rings (SSSR count). The molecule has 0 aliphatic carbocycles. The van der Waals surface area contributed by atoms with E-state index in [1.807, 2.05) is 24.3 Å². The summed E-state index contributed by atoms with van der Waals surface area (Å²) in [4.78, 5) is 0. The average molecular weight is 207 g/mol. The molecule has 0 N–H and O–H groups in total. The quantitative estimate of drug-likeness (QED) is 0.658. The molecule has 2 heteroatoms. The van der Waals surface area contributed by atoms with Gasteiger partial charge < -0.3 is 0 Å². The van der Waals surface area contributed by atoms with Crippen molar-refractivity contribution in [3.8, 4) is 11.1 Å². The van der Waals surface area contributed by atoms with Gasteiger partial charge in [-0.05, 0) is 23.8 Å². The molecule has 14 heavy (non-hydrogen) atoms. The lowest BCUT2D eigenvalue weighted by Gasteiger charge is -2.03. The summed E-state index contributed by atoms with van der Waals surface area (Å²) in [6.07, 6.45) is 0. The second-order valence-corrected chi connectivity index (χ2v) is 3.39. The van der Waals surface area contributed by atoms with Crippen molar-refractivity contribution in [2.45, 2.75) is 0 Å². The Kier molecular flexibility index (Phi) is 2.51. The van der Waals surface area contributed by atoms with Gasteiger partial charge in [0.05, 0.1) is 0 Å². The van der Waals surface area contributed by atoms with Gasteiger partial charge in [0.1, 0.15) is 5.82 Å². The Morgan fingerprint density at radius 2 is 1.50 bits per heavy atom. The zero-order chi connectivity index (χ0) is 9.97. The Morgan fingerprint density at radius 1 is 0.857 bits per heavy atom. The first kappa shape index (κ1) is 9.22. The summed E-state index contributed by atoms with van der Waals surface area (Å²) < 4.78 is 12.7. The third-order valence-electron chi connectivity index (χ3n) is 2.03. The van der Waals surface area contributed by atoms with E-state index in [9.17, 15) is 4.39 Å². The van der Waals surface area contributed by atoms with Crippen LogP contribution in [0.4, 0.5) is 4.39 Å². The Labute approximate surface area is 87.0 Å². The molecule has 0 saturated heterocycles. The van der Waals surface area contributed by atoms with Crippen molar-refractivity contribution >= 4 is 11.6 Å². The summed E-state index contributed by atoms with van der Waals surface area (Å²) in [6, 6.07) is 13.8. The largest absolute Gasteiger partial charge is 0.207 e. The molecule has 0 aromatic heterocycles. The molecule has 0 radical (unpaired) electrons. The molecular formula is C12H8ClF. The summed E-state index contributed by atoms with van der Waals surface area (Å²) in [5.41, 5.74) is 1.85. The van der Waals surface area contributed by atoms with Crippen molar-refractivity contribution in [1.82, 2.24) is 0 Å². The van der Waals surface area contributed by atoms with Crippen LogP contribution in [0, 0.1) is 5.82 Å². The van der Waals surface area contributed by atoms with Crippen molar-refractivity contribution in [3.05, 3.63) is 59.4 Å². The first-order chi connectivity index (χ1) is 6.77. The molecule has 0 amide bonds. The van der Waals surface area contributed by atoms with Gasteiger partial charge in [-0.2, -0.15) is 0 Å². The van der Waals surface area contributed by atoms with Crippen molar-refractivity contribution < 1.29 is 4.39 Å². The molecule has 0 heterocycles. The van der Waals surface area contributed by atoms with Crippen molar-refractivity contribution in [2.75, 3.05) is 0 Å². The Bertz CT molecular complexity index is 434. The third-order valence-corrected chi connectivity index (χ3v) is 2.36. The third kappa shape index (κ3) is 1.78. The van der Waals surface area contributed by atoms with Crippen LogP contribution in [0.1, 0.15) is 0 Å². The molecule has 0 spiro atoms.